The number of halogens is 1. The Morgan fingerprint density at radius 2 is 1.96 bits per heavy atom. The van der Waals surface area contributed by atoms with Crippen molar-refractivity contribution < 1.29 is 28.5 Å². The Morgan fingerprint density at radius 3 is 2.56 bits per heavy atom. The van der Waals surface area contributed by atoms with Crippen molar-refractivity contribution in [3.8, 4) is 5.75 Å². The number of carbonyl (C=O) groups is 2. The van der Waals surface area contributed by atoms with Crippen LogP contribution in [0.4, 0.5) is 9.18 Å². The standard InChI is InChI=1S/C17H25FN4O3/c1-12(16(23)20-17(24)19-2)22-8-6-21(7-9-22)11-13-10-14(18)4-5-15(13)25-3/h4-5,10,12H,6-9,11H2,1-3H3,(H2,19,20,23,24)/p+2/t12-/m1/s1. The number of ether oxygens (including phenoxy) is 1. The second-order valence-electron chi connectivity index (χ2n) is 6.33. The predicted octanol–water partition coefficient (Wildman–Crippen LogP) is -2.04. The molecule has 1 aliphatic heterocycles. The molecule has 1 heterocycles. The topological polar surface area (TPSA) is 76.3 Å². The van der Waals surface area contributed by atoms with Crippen LogP contribution in [0.5, 0.6) is 5.75 Å². The smallest absolute Gasteiger partial charge is 0.321 e. The number of amides is 3. The largest absolute Gasteiger partial charge is 0.496 e. The van der Waals surface area contributed by atoms with E-state index in [1.54, 1.807) is 13.2 Å². The number of hydrogen-bond donors (Lipinski definition) is 4. The Kier molecular flexibility index (Phi) is 6.72. The van der Waals surface area contributed by atoms with Crippen molar-refractivity contribution in [3.63, 3.8) is 0 Å². The lowest BCUT2D eigenvalue weighted by Crippen LogP contribution is -3.29. The highest BCUT2D eigenvalue weighted by Crippen LogP contribution is 2.18. The average molecular weight is 354 g/mol. The van der Waals surface area contributed by atoms with Gasteiger partial charge in [0.15, 0.2) is 6.04 Å². The van der Waals surface area contributed by atoms with Crippen molar-refractivity contribution in [2.45, 2.75) is 19.5 Å². The second kappa shape index (κ2) is 8.77. The van der Waals surface area contributed by atoms with Gasteiger partial charge in [-0.15, -0.1) is 0 Å². The maximum Gasteiger partial charge on any atom is 0.321 e. The summed E-state index contributed by atoms with van der Waals surface area (Å²) in [6.07, 6.45) is 0. The molecule has 25 heavy (non-hydrogen) atoms. The summed E-state index contributed by atoms with van der Waals surface area (Å²) < 4.78 is 18.8. The number of hydrogen-bond acceptors (Lipinski definition) is 3. The van der Waals surface area contributed by atoms with E-state index in [-0.39, 0.29) is 17.8 Å². The Morgan fingerprint density at radius 1 is 1.28 bits per heavy atom. The second-order valence-corrected chi connectivity index (χ2v) is 6.33. The lowest BCUT2D eigenvalue weighted by Gasteiger charge is -2.32. The number of methoxy groups -OCH3 is 1. The van der Waals surface area contributed by atoms with E-state index >= 15 is 0 Å². The zero-order chi connectivity index (χ0) is 18.4. The van der Waals surface area contributed by atoms with Gasteiger partial charge in [-0.2, -0.15) is 0 Å². The van der Waals surface area contributed by atoms with Gasteiger partial charge in [0, 0.05) is 7.05 Å². The fourth-order valence-corrected chi connectivity index (χ4v) is 3.16. The van der Waals surface area contributed by atoms with Gasteiger partial charge in [-0.05, 0) is 25.1 Å². The quantitative estimate of drug-likeness (QED) is 0.492. The fourth-order valence-electron chi connectivity index (χ4n) is 3.16. The van der Waals surface area contributed by atoms with E-state index in [1.807, 2.05) is 6.92 Å². The van der Waals surface area contributed by atoms with E-state index < -0.39 is 6.03 Å². The summed E-state index contributed by atoms with van der Waals surface area (Å²) in [5.74, 6) is 0.158. The van der Waals surface area contributed by atoms with Crippen LogP contribution in [0.15, 0.2) is 18.2 Å². The van der Waals surface area contributed by atoms with E-state index in [9.17, 15) is 14.0 Å². The van der Waals surface area contributed by atoms with Gasteiger partial charge in [-0.1, -0.05) is 0 Å². The Labute approximate surface area is 147 Å². The third kappa shape index (κ3) is 5.14. The van der Waals surface area contributed by atoms with E-state index in [1.165, 1.54) is 24.1 Å². The van der Waals surface area contributed by atoms with Crippen LogP contribution in [0, 0.1) is 5.82 Å². The van der Waals surface area contributed by atoms with Crippen molar-refractivity contribution >= 4 is 11.9 Å². The van der Waals surface area contributed by atoms with Crippen molar-refractivity contribution in [3.05, 3.63) is 29.6 Å². The maximum atomic E-state index is 13.5. The van der Waals surface area contributed by atoms with Crippen LogP contribution in [0.1, 0.15) is 12.5 Å². The number of urea groups is 1. The molecule has 1 aliphatic rings. The van der Waals surface area contributed by atoms with Crippen LogP contribution in [0.2, 0.25) is 0 Å². The molecule has 0 bridgehead atoms. The molecule has 0 saturated carbocycles. The number of quaternary nitrogens is 2. The lowest BCUT2D eigenvalue weighted by molar-refractivity contribution is -1.02. The molecule has 0 unspecified atom stereocenters. The van der Waals surface area contributed by atoms with E-state index in [2.05, 4.69) is 10.6 Å². The maximum absolute atomic E-state index is 13.5. The number of benzene rings is 1. The van der Waals surface area contributed by atoms with Crippen LogP contribution in [0.3, 0.4) is 0 Å². The zero-order valence-electron chi connectivity index (χ0n) is 14.9. The predicted molar refractivity (Wildman–Crippen MR) is 90.1 cm³/mol. The molecule has 138 valence electrons. The van der Waals surface area contributed by atoms with Gasteiger partial charge >= 0.3 is 6.03 Å². The Balaban J connectivity index is 1.88. The number of carbonyl (C=O) groups excluding carboxylic acids is 2. The number of rotatable bonds is 5. The summed E-state index contributed by atoms with van der Waals surface area (Å²) in [6, 6.07) is 3.79. The monoisotopic (exact) mass is 354 g/mol. The van der Waals surface area contributed by atoms with Crippen LogP contribution in [-0.2, 0) is 11.3 Å². The fraction of sp³-hybridized carbons (Fsp3) is 0.529. The molecular formula is C17H27FN4O3+2. The minimum absolute atomic E-state index is 0.265. The molecule has 1 fully saturated rings. The van der Waals surface area contributed by atoms with Gasteiger partial charge in [0.05, 0.1) is 12.7 Å². The van der Waals surface area contributed by atoms with Crippen molar-refractivity contribution in [1.29, 1.82) is 0 Å². The Bertz CT molecular complexity index is 618. The van der Waals surface area contributed by atoms with E-state index in [0.717, 1.165) is 36.6 Å². The average Bonchev–Trinajstić information content (AvgIpc) is 2.61. The van der Waals surface area contributed by atoms with Gasteiger partial charge < -0.3 is 19.9 Å². The van der Waals surface area contributed by atoms with E-state index in [4.69, 9.17) is 4.74 Å². The van der Waals surface area contributed by atoms with Crippen molar-refractivity contribution in [1.82, 2.24) is 10.6 Å². The molecule has 0 aromatic heterocycles. The summed E-state index contributed by atoms with van der Waals surface area (Å²) >= 11 is 0. The number of nitrogens with one attached hydrogen (secondary N) is 4. The van der Waals surface area contributed by atoms with Crippen molar-refractivity contribution in [2.24, 2.45) is 0 Å². The van der Waals surface area contributed by atoms with Gasteiger partial charge in [0.2, 0.25) is 0 Å². The minimum Gasteiger partial charge on any atom is -0.496 e. The van der Waals surface area contributed by atoms with Crippen molar-refractivity contribution in [2.75, 3.05) is 40.3 Å². The van der Waals surface area contributed by atoms with Gasteiger partial charge in [-0.25, -0.2) is 9.18 Å². The molecular weight excluding hydrogens is 327 g/mol. The Hall–Kier alpha value is -2.19. The molecule has 0 aliphatic carbocycles. The number of imide groups is 1. The molecule has 3 amide bonds. The molecule has 4 N–H and O–H groups in total. The van der Waals surface area contributed by atoms with Crippen LogP contribution >= 0.6 is 0 Å². The van der Waals surface area contributed by atoms with Gasteiger partial charge in [0.1, 0.15) is 44.3 Å². The first-order valence-electron chi connectivity index (χ1n) is 8.47. The molecule has 1 aromatic carbocycles. The van der Waals surface area contributed by atoms with E-state index in [0.29, 0.717) is 12.3 Å². The molecule has 1 saturated heterocycles. The molecule has 1 aromatic rings. The zero-order valence-corrected chi connectivity index (χ0v) is 14.9. The lowest BCUT2D eigenvalue weighted by atomic mass is 10.1. The SMILES string of the molecule is CNC(=O)NC(=O)[C@@H](C)[NH+]1CC[NH+](Cc2cc(F)ccc2OC)CC1. The molecule has 0 radical (unpaired) electrons. The van der Waals surface area contributed by atoms with Crippen LogP contribution in [0.25, 0.3) is 0 Å². The number of piperazine rings is 1. The molecule has 1 atom stereocenters. The molecule has 8 heteroatoms. The third-order valence-electron chi connectivity index (χ3n) is 4.75. The first kappa shape index (κ1) is 19.1. The molecule has 2 rings (SSSR count). The minimum atomic E-state index is -0.487. The van der Waals surface area contributed by atoms with Gasteiger partial charge in [-0.3, -0.25) is 10.1 Å². The molecule has 0 spiro atoms. The highest BCUT2D eigenvalue weighted by Gasteiger charge is 2.32. The normalized spacial score (nSPS) is 21.3. The highest BCUT2D eigenvalue weighted by molar-refractivity contribution is 5.96. The summed E-state index contributed by atoms with van der Waals surface area (Å²) in [7, 11) is 3.06. The summed E-state index contributed by atoms with van der Waals surface area (Å²) in [6.45, 7) is 5.88. The first-order valence-corrected chi connectivity index (χ1v) is 8.47. The summed E-state index contributed by atoms with van der Waals surface area (Å²) in [5, 5.41) is 4.70. The summed E-state index contributed by atoms with van der Waals surface area (Å²) in [4.78, 5) is 25.8. The first-order chi connectivity index (χ1) is 11.9. The van der Waals surface area contributed by atoms with Crippen LogP contribution < -0.4 is 25.2 Å². The molecule has 7 nitrogen and oxygen atoms in total. The van der Waals surface area contributed by atoms with Gasteiger partial charge in [0.25, 0.3) is 5.91 Å². The highest BCUT2D eigenvalue weighted by atomic mass is 19.1. The van der Waals surface area contributed by atoms with Crippen LogP contribution in [-0.4, -0.2) is 58.3 Å². The third-order valence-corrected chi connectivity index (χ3v) is 4.75. The summed E-state index contributed by atoms with van der Waals surface area (Å²) in [5.41, 5.74) is 0.853.